The molecule has 2 aromatic heterocycles. The van der Waals surface area contributed by atoms with Gasteiger partial charge in [-0.3, -0.25) is 4.79 Å². The Bertz CT molecular complexity index is 949. The molecule has 3 aromatic rings. The van der Waals surface area contributed by atoms with Crippen LogP contribution in [-0.2, 0) is 4.79 Å². The molecule has 0 bridgehead atoms. The lowest BCUT2D eigenvalue weighted by Crippen LogP contribution is -2.33. The van der Waals surface area contributed by atoms with E-state index in [0.717, 1.165) is 37.0 Å². The predicted molar refractivity (Wildman–Crippen MR) is 115 cm³/mol. The second kappa shape index (κ2) is 10.6. The molecule has 0 aliphatic rings. The summed E-state index contributed by atoms with van der Waals surface area (Å²) in [5.41, 5.74) is 1.50. The first-order chi connectivity index (χ1) is 14.7. The van der Waals surface area contributed by atoms with E-state index in [4.69, 9.17) is 9.47 Å². The first-order valence-corrected chi connectivity index (χ1v) is 10.4. The topological polar surface area (TPSA) is 90.6 Å². The Kier molecular flexibility index (Phi) is 7.59. The van der Waals surface area contributed by atoms with Crippen molar-refractivity contribution >= 4 is 11.6 Å². The zero-order valence-corrected chi connectivity index (χ0v) is 17.8. The Morgan fingerprint density at radius 1 is 1.07 bits per heavy atom. The highest BCUT2D eigenvalue weighted by molar-refractivity contribution is 5.78. The fourth-order valence-electron chi connectivity index (χ4n) is 3.35. The minimum absolute atomic E-state index is 0.0820. The van der Waals surface area contributed by atoms with Crippen LogP contribution in [0.5, 0.6) is 11.6 Å². The molecule has 0 radical (unpaired) electrons. The molecule has 30 heavy (non-hydrogen) atoms. The molecule has 1 amide bonds. The number of fused-ring (bicyclic) bond motifs is 1. The largest absolute Gasteiger partial charge is 0.497 e. The van der Waals surface area contributed by atoms with Gasteiger partial charge in [-0.25, -0.2) is 0 Å². The molecule has 0 saturated heterocycles. The van der Waals surface area contributed by atoms with Gasteiger partial charge in [0.05, 0.1) is 13.7 Å². The lowest BCUT2D eigenvalue weighted by molar-refractivity contribution is -0.125. The van der Waals surface area contributed by atoms with E-state index in [-0.39, 0.29) is 11.8 Å². The van der Waals surface area contributed by atoms with Crippen molar-refractivity contribution in [2.24, 2.45) is 5.92 Å². The highest BCUT2D eigenvalue weighted by Crippen LogP contribution is 2.21. The van der Waals surface area contributed by atoms with Crippen LogP contribution in [0, 0.1) is 5.92 Å². The van der Waals surface area contributed by atoms with Crippen molar-refractivity contribution in [2.75, 3.05) is 20.3 Å². The third kappa shape index (κ3) is 5.25. The third-order valence-corrected chi connectivity index (χ3v) is 4.88. The lowest BCUT2D eigenvalue weighted by atomic mass is 9.97. The van der Waals surface area contributed by atoms with Crippen molar-refractivity contribution in [3.63, 3.8) is 0 Å². The quantitative estimate of drug-likeness (QED) is 0.486. The number of rotatable bonds is 11. The number of nitrogens with one attached hydrogen (secondary N) is 1. The highest BCUT2D eigenvalue weighted by Gasteiger charge is 2.16. The molecular formula is C22H29N5O3. The van der Waals surface area contributed by atoms with E-state index in [2.05, 4.69) is 34.5 Å². The molecule has 1 aromatic carbocycles. The van der Waals surface area contributed by atoms with Gasteiger partial charge < -0.3 is 14.8 Å². The van der Waals surface area contributed by atoms with Crippen LogP contribution in [-0.4, -0.2) is 46.0 Å². The molecule has 0 fully saturated rings. The molecule has 0 spiro atoms. The van der Waals surface area contributed by atoms with Crippen LogP contribution in [0.2, 0.25) is 0 Å². The smallest absolute Gasteiger partial charge is 0.231 e. The first-order valence-electron chi connectivity index (χ1n) is 10.4. The third-order valence-electron chi connectivity index (χ3n) is 4.88. The Morgan fingerprint density at radius 2 is 1.80 bits per heavy atom. The van der Waals surface area contributed by atoms with E-state index in [1.807, 2.05) is 24.3 Å². The van der Waals surface area contributed by atoms with Gasteiger partial charge >= 0.3 is 0 Å². The van der Waals surface area contributed by atoms with Crippen molar-refractivity contribution in [3.8, 4) is 23.0 Å². The monoisotopic (exact) mass is 411 g/mol. The summed E-state index contributed by atoms with van der Waals surface area (Å²) in [7, 11) is 1.63. The summed E-state index contributed by atoms with van der Waals surface area (Å²) in [4.78, 5) is 12.3. The molecule has 0 aliphatic carbocycles. The van der Waals surface area contributed by atoms with E-state index >= 15 is 0 Å². The molecule has 3 rings (SSSR count). The van der Waals surface area contributed by atoms with Gasteiger partial charge in [0.1, 0.15) is 12.4 Å². The molecule has 160 valence electrons. The molecular weight excluding hydrogens is 382 g/mol. The van der Waals surface area contributed by atoms with Crippen LogP contribution in [0.25, 0.3) is 17.0 Å². The Hall–Kier alpha value is -3.16. The van der Waals surface area contributed by atoms with E-state index in [1.54, 1.807) is 23.8 Å². The zero-order valence-electron chi connectivity index (χ0n) is 17.8. The molecule has 1 N–H and O–H groups in total. The second-order valence-electron chi connectivity index (χ2n) is 7.11. The van der Waals surface area contributed by atoms with Gasteiger partial charge in [0.15, 0.2) is 11.5 Å². The summed E-state index contributed by atoms with van der Waals surface area (Å²) in [5.74, 6) is 2.02. The van der Waals surface area contributed by atoms with Crippen LogP contribution >= 0.6 is 0 Å². The standard InChI is InChI=1S/C22H29N5O3/c1-4-6-17(7-5-2)22(28)23-14-15-30-20-13-12-19-24-25-21(27(19)26-20)16-8-10-18(29-3)11-9-16/h8-13,17H,4-7,14-15H2,1-3H3,(H,23,28). The Balaban J connectivity index is 1.61. The van der Waals surface area contributed by atoms with Gasteiger partial charge in [0, 0.05) is 17.5 Å². The van der Waals surface area contributed by atoms with Crippen molar-refractivity contribution in [3.05, 3.63) is 36.4 Å². The number of ether oxygens (including phenoxy) is 2. The SMILES string of the molecule is CCCC(CCC)C(=O)NCCOc1ccc2nnc(-c3ccc(OC)cc3)n2n1. The number of hydrogen-bond donors (Lipinski definition) is 1. The van der Waals surface area contributed by atoms with Crippen LogP contribution in [0.1, 0.15) is 39.5 Å². The molecule has 8 heteroatoms. The van der Waals surface area contributed by atoms with Crippen LogP contribution in [0.15, 0.2) is 36.4 Å². The number of hydrogen-bond acceptors (Lipinski definition) is 6. The number of methoxy groups -OCH3 is 1. The molecule has 0 aliphatic heterocycles. The molecule has 2 heterocycles. The summed E-state index contributed by atoms with van der Waals surface area (Å²) in [5, 5.41) is 15.9. The predicted octanol–water partition coefficient (Wildman–Crippen LogP) is 3.51. The van der Waals surface area contributed by atoms with E-state index in [9.17, 15) is 4.79 Å². The average Bonchev–Trinajstić information content (AvgIpc) is 3.19. The molecule has 8 nitrogen and oxygen atoms in total. The molecule has 0 unspecified atom stereocenters. The summed E-state index contributed by atoms with van der Waals surface area (Å²) in [6.07, 6.45) is 3.85. The van der Waals surface area contributed by atoms with Crippen molar-refractivity contribution in [2.45, 2.75) is 39.5 Å². The van der Waals surface area contributed by atoms with E-state index in [1.165, 1.54) is 0 Å². The molecule has 0 atom stereocenters. The lowest BCUT2D eigenvalue weighted by Gasteiger charge is -2.15. The normalized spacial score (nSPS) is 11.1. The number of amides is 1. The number of aromatic nitrogens is 4. The Labute approximate surface area is 176 Å². The van der Waals surface area contributed by atoms with Crippen molar-refractivity contribution in [1.29, 1.82) is 0 Å². The number of nitrogens with zero attached hydrogens (tertiary/aromatic N) is 4. The summed E-state index contributed by atoms with van der Waals surface area (Å²) in [6.45, 7) is 4.99. The first kappa shape index (κ1) is 21.5. The van der Waals surface area contributed by atoms with Crippen LogP contribution in [0.3, 0.4) is 0 Å². The van der Waals surface area contributed by atoms with Gasteiger partial charge in [-0.1, -0.05) is 26.7 Å². The number of carbonyl (C=O) groups is 1. The maximum absolute atomic E-state index is 12.3. The van der Waals surface area contributed by atoms with Crippen molar-refractivity contribution in [1.82, 2.24) is 25.1 Å². The Morgan fingerprint density at radius 3 is 2.47 bits per heavy atom. The van der Waals surface area contributed by atoms with Crippen LogP contribution in [0.4, 0.5) is 0 Å². The fraction of sp³-hybridized carbons (Fsp3) is 0.455. The fourth-order valence-corrected chi connectivity index (χ4v) is 3.35. The van der Waals surface area contributed by atoms with Gasteiger partial charge in [-0.05, 0) is 43.2 Å². The zero-order chi connectivity index (χ0) is 21.3. The highest BCUT2D eigenvalue weighted by atomic mass is 16.5. The summed E-state index contributed by atoms with van der Waals surface area (Å²) >= 11 is 0. The number of benzene rings is 1. The minimum atomic E-state index is 0.0820. The molecule has 0 saturated carbocycles. The van der Waals surface area contributed by atoms with E-state index in [0.29, 0.717) is 30.5 Å². The van der Waals surface area contributed by atoms with Gasteiger partial charge in [0.25, 0.3) is 0 Å². The van der Waals surface area contributed by atoms with Gasteiger partial charge in [-0.15, -0.1) is 15.3 Å². The average molecular weight is 412 g/mol. The van der Waals surface area contributed by atoms with Crippen LogP contribution < -0.4 is 14.8 Å². The van der Waals surface area contributed by atoms with Gasteiger partial charge in [-0.2, -0.15) is 4.52 Å². The maximum atomic E-state index is 12.3. The van der Waals surface area contributed by atoms with Crippen molar-refractivity contribution < 1.29 is 14.3 Å². The summed E-state index contributed by atoms with van der Waals surface area (Å²) in [6, 6.07) is 11.1. The number of carbonyl (C=O) groups excluding carboxylic acids is 1. The minimum Gasteiger partial charge on any atom is -0.497 e. The van der Waals surface area contributed by atoms with Gasteiger partial charge in [0.2, 0.25) is 11.8 Å². The second-order valence-corrected chi connectivity index (χ2v) is 7.11. The maximum Gasteiger partial charge on any atom is 0.231 e. The van der Waals surface area contributed by atoms with E-state index < -0.39 is 0 Å². The summed E-state index contributed by atoms with van der Waals surface area (Å²) < 4.78 is 12.6.